The van der Waals surface area contributed by atoms with Crippen molar-refractivity contribution < 1.29 is 29.3 Å². The Kier molecular flexibility index (Phi) is 6.84. The number of aliphatic carboxylic acids is 1. The highest BCUT2D eigenvalue weighted by atomic mass is 16.5. The van der Waals surface area contributed by atoms with Crippen molar-refractivity contribution >= 4 is 18.0 Å². The van der Waals surface area contributed by atoms with Crippen molar-refractivity contribution in [1.82, 2.24) is 10.6 Å². The Balaban J connectivity index is 1.70. The molecule has 1 aliphatic carbocycles. The quantitative estimate of drug-likeness (QED) is 0.524. The molecule has 0 aliphatic heterocycles. The Morgan fingerprint density at radius 2 is 1.50 bits per heavy atom. The topological polar surface area (TPSA) is 125 Å². The summed E-state index contributed by atoms with van der Waals surface area (Å²) < 4.78 is 5.50. The summed E-state index contributed by atoms with van der Waals surface area (Å²) in [6, 6.07) is 13.4. The first kappa shape index (κ1) is 23.3. The Hall–Kier alpha value is -3.39. The lowest BCUT2D eigenvalue weighted by Gasteiger charge is -2.31. The van der Waals surface area contributed by atoms with Gasteiger partial charge in [-0.05, 0) is 27.7 Å². The molecule has 0 bridgehead atoms. The molecule has 2 aromatic rings. The third kappa shape index (κ3) is 4.91. The zero-order valence-electron chi connectivity index (χ0n) is 18.3. The number of carbonyl (C=O) groups excluding carboxylic acids is 2. The molecule has 0 saturated carbocycles. The van der Waals surface area contributed by atoms with E-state index in [-0.39, 0.29) is 12.5 Å². The summed E-state index contributed by atoms with van der Waals surface area (Å²) in [6.07, 6.45) is -0.780. The third-order valence-electron chi connectivity index (χ3n) is 5.53. The first-order valence-corrected chi connectivity index (χ1v) is 10.4. The number of aliphatic hydroxyl groups is 1. The smallest absolute Gasteiger partial charge is 0.407 e. The summed E-state index contributed by atoms with van der Waals surface area (Å²) in [7, 11) is 0. The predicted octanol–water partition coefficient (Wildman–Crippen LogP) is 2.50. The lowest BCUT2D eigenvalue weighted by atomic mass is 9.86. The van der Waals surface area contributed by atoms with Crippen molar-refractivity contribution in [2.45, 2.75) is 38.8 Å². The molecule has 2 amide bonds. The molecule has 8 nitrogen and oxygen atoms in total. The van der Waals surface area contributed by atoms with Crippen molar-refractivity contribution in [3.05, 3.63) is 59.7 Å². The van der Waals surface area contributed by atoms with Crippen LogP contribution in [0, 0.1) is 5.41 Å². The van der Waals surface area contributed by atoms with Crippen molar-refractivity contribution in [2.75, 3.05) is 13.2 Å². The summed E-state index contributed by atoms with van der Waals surface area (Å²) in [5.74, 6) is -2.21. The number of carboxylic acids is 1. The minimum atomic E-state index is -1.46. The van der Waals surface area contributed by atoms with Crippen molar-refractivity contribution in [2.24, 2.45) is 5.41 Å². The number of ether oxygens (including phenoxy) is 1. The van der Waals surface area contributed by atoms with Gasteiger partial charge in [-0.25, -0.2) is 9.59 Å². The maximum absolute atomic E-state index is 12.6. The van der Waals surface area contributed by atoms with Crippen LogP contribution < -0.4 is 10.6 Å². The summed E-state index contributed by atoms with van der Waals surface area (Å²) in [5, 5.41) is 23.0. The van der Waals surface area contributed by atoms with E-state index in [9.17, 15) is 14.4 Å². The number of benzene rings is 2. The number of alkyl carbamates (subject to hydrolysis) is 1. The first-order chi connectivity index (χ1) is 15.1. The average Bonchev–Trinajstić information content (AvgIpc) is 3.07. The number of hydrogen-bond donors (Lipinski definition) is 4. The Labute approximate surface area is 186 Å². The second-order valence-electron chi connectivity index (χ2n) is 8.85. The fourth-order valence-corrected chi connectivity index (χ4v) is 3.87. The Morgan fingerprint density at radius 3 is 1.97 bits per heavy atom. The maximum Gasteiger partial charge on any atom is 0.407 e. The molecule has 0 saturated heterocycles. The van der Waals surface area contributed by atoms with E-state index in [0.29, 0.717) is 0 Å². The number of hydrogen-bond acceptors (Lipinski definition) is 5. The second kappa shape index (κ2) is 9.40. The van der Waals surface area contributed by atoms with Crippen LogP contribution >= 0.6 is 0 Å². The molecule has 0 heterocycles. The second-order valence-corrected chi connectivity index (χ2v) is 8.85. The van der Waals surface area contributed by atoms with E-state index in [1.807, 2.05) is 48.5 Å². The molecule has 0 aromatic heterocycles. The van der Waals surface area contributed by atoms with E-state index in [1.54, 1.807) is 20.8 Å². The minimum absolute atomic E-state index is 0.0900. The molecule has 0 fully saturated rings. The fourth-order valence-electron chi connectivity index (χ4n) is 3.87. The molecule has 0 radical (unpaired) electrons. The molecule has 0 spiro atoms. The molecule has 4 N–H and O–H groups in total. The minimum Gasteiger partial charge on any atom is -0.480 e. The van der Waals surface area contributed by atoms with E-state index < -0.39 is 42.1 Å². The highest BCUT2D eigenvalue weighted by molar-refractivity contribution is 5.90. The molecule has 0 unspecified atom stereocenters. The number of carboxylic acid groups (broad SMARTS) is 1. The Morgan fingerprint density at radius 1 is 0.969 bits per heavy atom. The van der Waals surface area contributed by atoms with E-state index in [1.165, 1.54) is 0 Å². The van der Waals surface area contributed by atoms with Crippen LogP contribution in [0.5, 0.6) is 0 Å². The fraction of sp³-hybridized carbons (Fsp3) is 0.375. The summed E-state index contributed by atoms with van der Waals surface area (Å²) in [6.45, 7) is 4.52. The first-order valence-electron chi connectivity index (χ1n) is 10.4. The molecule has 1 aliphatic rings. The summed E-state index contributed by atoms with van der Waals surface area (Å²) in [5.41, 5.74) is 3.62. The van der Waals surface area contributed by atoms with Crippen LogP contribution in [0.2, 0.25) is 0 Å². The van der Waals surface area contributed by atoms with Crippen molar-refractivity contribution in [1.29, 1.82) is 0 Å². The van der Waals surface area contributed by atoms with Crippen LogP contribution in [0.4, 0.5) is 4.79 Å². The number of amides is 2. The SMILES string of the molecule is CC(C)(C)[C@H](NC(=O)OCC1c2ccccc2-c2ccccc21)C(=O)N[C@@H](CO)C(=O)O. The van der Waals surface area contributed by atoms with Gasteiger partial charge in [0.1, 0.15) is 18.7 Å². The van der Waals surface area contributed by atoms with Crippen LogP contribution in [-0.2, 0) is 14.3 Å². The molecule has 32 heavy (non-hydrogen) atoms. The van der Waals surface area contributed by atoms with Gasteiger partial charge in [0, 0.05) is 5.92 Å². The zero-order chi connectivity index (χ0) is 23.5. The van der Waals surface area contributed by atoms with Crippen molar-refractivity contribution in [3.63, 3.8) is 0 Å². The van der Waals surface area contributed by atoms with Gasteiger partial charge in [-0.15, -0.1) is 0 Å². The monoisotopic (exact) mass is 440 g/mol. The van der Waals surface area contributed by atoms with Gasteiger partial charge < -0.3 is 25.6 Å². The van der Waals surface area contributed by atoms with E-state index in [2.05, 4.69) is 10.6 Å². The van der Waals surface area contributed by atoms with Crippen LogP contribution in [0.3, 0.4) is 0 Å². The van der Waals surface area contributed by atoms with E-state index in [4.69, 9.17) is 14.9 Å². The predicted molar refractivity (Wildman–Crippen MR) is 118 cm³/mol. The number of aliphatic hydroxyl groups excluding tert-OH is 1. The number of nitrogens with one attached hydrogen (secondary N) is 2. The van der Waals surface area contributed by atoms with Gasteiger partial charge in [0.25, 0.3) is 0 Å². The lowest BCUT2D eigenvalue weighted by Crippen LogP contribution is -2.57. The number of rotatable bonds is 7. The van der Waals surface area contributed by atoms with Crippen molar-refractivity contribution in [3.8, 4) is 11.1 Å². The van der Waals surface area contributed by atoms with Gasteiger partial charge in [0.2, 0.25) is 5.91 Å². The van der Waals surface area contributed by atoms with Crippen LogP contribution in [0.1, 0.15) is 37.8 Å². The average molecular weight is 440 g/mol. The standard InChI is InChI=1S/C24H28N2O6/c1-24(2,3)20(21(28)25-19(12-27)22(29)30)26-23(31)32-13-18-16-10-6-4-8-14(16)15-9-5-7-11-17(15)18/h4-11,18-20,27H,12-13H2,1-3H3,(H,25,28)(H,26,31)(H,29,30)/t19-,20+/m0/s1. The number of carbonyl (C=O) groups is 3. The van der Waals surface area contributed by atoms with Gasteiger partial charge in [0.05, 0.1) is 6.61 Å². The van der Waals surface area contributed by atoms with Crippen LogP contribution in [0.25, 0.3) is 11.1 Å². The normalized spacial score (nSPS) is 14.6. The molecular weight excluding hydrogens is 412 g/mol. The van der Waals surface area contributed by atoms with Crippen LogP contribution in [-0.4, -0.2) is 53.5 Å². The zero-order valence-corrected chi connectivity index (χ0v) is 18.3. The highest BCUT2D eigenvalue weighted by Gasteiger charge is 2.36. The number of fused-ring (bicyclic) bond motifs is 3. The molecular formula is C24H28N2O6. The highest BCUT2D eigenvalue weighted by Crippen LogP contribution is 2.44. The van der Waals surface area contributed by atoms with E-state index >= 15 is 0 Å². The van der Waals surface area contributed by atoms with Gasteiger partial charge in [0.15, 0.2) is 0 Å². The van der Waals surface area contributed by atoms with Gasteiger partial charge >= 0.3 is 12.1 Å². The summed E-state index contributed by atoms with van der Waals surface area (Å²) in [4.78, 5) is 36.4. The van der Waals surface area contributed by atoms with E-state index in [0.717, 1.165) is 22.3 Å². The Bertz CT molecular complexity index is 968. The van der Waals surface area contributed by atoms with Gasteiger partial charge in [-0.3, -0.25) is 4.79 Å². The maximum atomic E-state index is 12.6. The molecule has 8 heteroatoms. The summed E-state index contributed by atoms with van der Waals surface area (Å²) >= 11 is 0. The third-order valence-corrected chi connectivity index (χ3v) is 5.53. The van der Waals surface area contributed by atoms with Crippen LogP contribution in [0.15, 0.2) is 48.5 Å². The van der Waals surface area contributed by atoms with Gasteiger partial charge in [-0.2, -0.15) is 0 Å². The lowest BCUT2D eigenvalue weighted by molar-refractivity contribution is -0.143. The molecule has 3 rings (SSSR count). The molecule has 170 valence electrons. The molecule has 2 aromatic carbocycles. The van der Waals surface area contributed by atoms with Gasteiger partial charge in [-0.1, -0.05) is 69.3 Å². The molecule has 2 atom stereocenters. The largest absolute Gasteiger partial charge is 0.480 e.